The summed E-state index contributed by atoms with van der Waals surface area (Å²) in [6.45, 7) is 0.935. The summed E-state index contributed by atoms with van der Waals surface area (Å²) in [6.07, 6.45) is 1.98. The predicted molar refractivity (Wildman–Crippen MR) is 105 cm³/mol. The van der Waals surface area contributed by atoms with E-state index < -0.39 is 0 Å². The average Bonchev–Trinajstić information content (AvgIpc) is 3.01. The van der Waals surface area contributed by atoms with Crippen molar-refractivity contribution >= 4 is 40.7 Å². The number of aryl methyl sites for hydroxylation is 1. The summed E-state index contributed by atoms with van der Waals surface area (Å²) < 4.78 is 0. The summed E-state index contributed by atoms with van der Waals surface area (Å²) in [4.78, 5) is 26.2. The van der Waals surface area contributed by atoms with Gasteiger partial charge in [-0.2, -0.15) is 0 Å². The number of carbonyl (C=O) groups is 2. The molecule has 1 heterocycles. The molecule has 0 radical (unpaired) electrons. The van der Waals surface area contributed by atoms with Gasteiger partial charge >= 0.3 is 0 Å². The van der Waals surface area contributed by atoms with Gasteiger partial charge in [0.25, 0.3) is 0 Å². The van der Waals surface area contributed by atoms with E-state index in [0.717, 1.165) is 12.8 Å². The van der Waals surface area contributed by atoms with E-state index in [-0.39, 0.29) is 24.2 Å². The van der Waals surface area contributed by atoms with Crippen LogP contribution in [0.15, 0.2) is 48.5 Å². The monoisotopic (exact) mass is 390 g/mol. The normalized spacial score (nSPS) is 16.8. The molecule has 1 atom stereocenters. The van der Waals surface area contributed by atoms with Crippen LogP contribution in [0.4, 0.5) is 5.69 Å². The zero-order chi connectivity index (χ0) is 18.5. The zero-order valence-corrected chi connectivity index (χ0v) is 15.8. The molecule has 6 heteroatoms. The number of hydrogen-bond acceptors (Lipinski definition) is 2. The first-order valence-electron chi connectivity index (χ1n) is 8.61. The number of amides is 2. The molecule has 0 saturated carbocycles. The van der Waals surface area contributed by atoms with E-state index in [2.05, 4.69) is 17.4 Å². The molecule has 1 unspecified atom stereocenters. The van der Waals surface area contributed by atoms with Gasteiger partial charge in [0.05, 0.1) is 16.6 Å². The van der Waals surface area contributed by atoms with Crippen molar-refractivity contribution in [2.45, 2.75) is 19.3 Å². The van der Waals surface area contributed by atoms with E-state index in [1.54, 1.807) is 23.1 Å². The third-order valence-electron chi connectivity index (χ3n) is 4.48. The molecule has 0 aromatic heterocycles. The van der Waals surface area contributed by atoms with Crippen LogP contribution in [-0.2, 0) is 16.0 Å². The van der Waals surface area contributed by atoms with Gasteiger partial charge in [0.15, 0.2) is 0 Å². The summed E-state index contributed by atoms with van der Waals surface area (Å²) in [5.74, 6) is -0.538. The number of anilines is 1. The number of hydrogen-bond donors (Lipinski definition) is 1. The molecule has 1 fully saturated rings. The first kappa shape index (κ1) is 18.7. The minimum atomic E-state index is -0.356. The quantitative estimate of drug-likeness (QED) is 0.754. The predicted octanol–water partition coefficient (Wildman–Crippen LogP) is 4.10. The molecule has 1 aliphatic rings. The smallest absolute Gasteiger partial charge is 0.227 e. The fraction of sp³-hybridized carbons (Fsp3) is 0.300. The van der Waals surface area contributed by atoms with Crippen molar-refractivity contribution in [1.29, 1.82) is 0 Å². The molecule has 0 aliphatic carbocycles. The second kappa shape index (κ2) is 8.56. The third-order valence-corrected chi connectivity index (χ3v) is 5.02. The Bertz CT molecular complexity index is 796. The second-order valence-electron chi connectivity index (χ2n) is 6.38. The molecule has 0 bridgehead atoms. The number of nitrogens with one attached hydrogen (secondary N) is 1. The number of benzene rings is 2. The van der Waals surface area contributed by atoms with Gasteiger partial charge in [0.1, 0.15) is 0 Å². The van der Waals surface area contributed by atoms with Gasteiger partial charge in [-0.05, 0) is 36.6 Å². The molecule has 2 aromatic rings. The summed E-state index contributed by atoms with van der Waals surface area (Å²) in [5, 5.41) is 3.86. The van der Waals surface area contributed by atoms with Crippen molar-refractivity contribution in [2.24, 2.45) is 5.92 Å². The van der Waals surface area contributed by atoms with Gasteiger partial charge in [0, 0.05) is 24.5 Å². The molecule has 136 valence electrons. The largest absolute Gasteiger partial charge is 0.356 e. The number of halogens is 2. The highest BCUT2D eigenvalue weighted by Gasteiger charge is 2.35. The van der Waals surface area contributed by atoms with Crippen molar-refractivity contribution in [3.63, 3.8) is 0 Å². The van der Waals surface area contributed by atoms with Crippen LogP contribution in [0.3, 0.4) is 0 Å². The van der Waals surface area contributed by atoms with Crippen LogP contribution in [0, 0.1) is 5.92 Å². The Kier molecular flexibility index (Phi) is 6.17. The fourth-order valence-corrected chi connectivity index (χ4v) is 3.62. The molecule has 2 aromatic carbocycles. The van der Waals surface area contributed by atoms with E-state index in [1.807, 2.05) is 18.2 Å². The third kappa shape index (κ3) is 4.57. The van der Waals surface area contributed by atoms with Crippen LogP contribution in [0.25, 0.3) is 0 Å². The van der Waals surface area contributed by atoms with Crippen LogP contribution < -0.4 is 10.2 Å². The lowest BCUT2D eigenvalue weighted by atomic mass is 10.1. The van der Waals surface area contributed by atoms with Gasteiger partial charge in [0.2, 0.25) is 11.8 Å². The minimum absolute atomic E-state index is 0.0843. The molecule has 3 rings (SSSR count). The van der Waals surface area contributed by atoms with Crippen LogP contribution in [0.1, 0.15) is 18.4 Å². The van der Waals surface area contributed by atoms with Gasteiger partial charge in [-0.25, -0.2) is 0 Å². The molecule has 4 nitrogen and oxygen atoms in total. The lowest BCUT2D eigenvalue weighted by molar-refractivity contribution is -0.126. The standard InChI is InChI=1S/C20H20Cl2N2O2/c21-16-8-9-18(17(22)12-16)24-13-15(11-19(24)25)20(26)23-10-4-7-14-5-2-1-3-6-14/h1-3,5-6,8-9,12,15H,4,7,10-11,13H2,(H,23,26). The topological polar surface area (TPSA) is 49.4 Å². The lowest BCUT2D eigenvalue weighted by Crippen LogP contribution is -2.33. The number of nitrogens with zero attached hydrogens (tertiary/aromatic N) is 1. The van der Waals surface area contributed by atoms with Crippen molar-refractivity contribution in [1.82, 2.24) is 5.32 Å². The maximum absolute atomic E-state index is 12.4. The highest BCUT2D eigenvalue weighted by atomic mass is 35.5. The maximum atomic E-state index is 12.4. The highest BCUT2D eigenvalue weighted by molar-refractivity contribution is 6.36. The van der Waals surface area contributed by atoms with E-state index in [9.17, 15) is 9.59 Å². The van der Waals surface area contributed by atoms with Gasteiger partial charge in [-0.3, -0.25) is 9.59 Å². The van der Waals surface area contributed by atoms with E-state index in [1.165, 1.54) is 5.56 Å². The summed E-state index contributed by atoms with van der Waals surface area (Å²) in [7, 11) is 0. The average molecular weight is 391 g/mol. The highest BCUT2D eigenvalue weighted by Crippen LogP contribution is 2.33. The number of rotatable bonds is 6. The number of carbonyl (C=O) groups excluding carboxylic acids is 2. The van der Waals surface area contributed by atoms with Gasteiger partial charge in [-0.1, -0.05) is 53.5 Å². The molecule has 1 N–H and O–H groups in total. The van der Waals surface area contributed by atoms with Crippen LogP contribution in [-0.4, -0.2) is 24.9 Å². The van der Waals surface area contributed by atoms with Crippen molar-refractivity contribution in [3.05, 3.63) is 64.1 Å². The fourth-order valence-electron chi connectivity index (χ4n) is 3.11. The Hall–Kier alpha value is -2.04. The van der Waals surface area contributed by atoms with Gasteiger partial charge in [-0.15, -0.1) is 0 Å². The summed E-state index contributed by atoms with van der Waals surface area (Å²) in [6, 6.07) is 15.2. The van der Waals surface area contributed by atoms with Crippen molar-refractivity contribution in [2.75, 3.05) is 18.0 Å². The first-order chi connectivity index (χ1) is 12.5. The minimum Gasteiger partial charge on any atom is -0.356 e. The molecule has 0 spiro atoms. The van der Waals surface area contributed by atoms with Crippen molar-refractivity contribution < 1.29 is 9.59 Å². The van der Waals surface area contributed by atoms with Crippen LogP contribution >= 0.6 is 23.2 Å². The molecule has 26 heavy (non-hydrogen) atoms. The van der Waals surface area contributed by atoms with E-state index >= 15 is 0 Å². The molecule has 1 saturated heterocycles. The van der Waals surface area contributed by atoms with Gasteiger partial charge < -0.3 is 10.2 Å². The Morgan fingerprint density at radius 2 is 1.92 bits per heavy atom. The Balaban J connectivity index is 1.50. The summed E-state index contributed by atoms with van der Waals surface area (Å²) >= 11 is 12.1. The Morgan fingerprint density at radius 3 is 2.65 bits per heavy atom. The lowest BCUT2D eigenvalue weighted by Gasteiger charge is -2.18. The first-order valence-corrected chi connectivity index (χ1v) is 9.37. The van der Waals surface area contributed by atoms with E-state index in [0.29, 0.717) is 28.8 Å². The van der Waals surface area contributed by atoms with Crippen LogP contribution in [0.5, 0.6) is 0 Å². The summed E-state index contributed by atoms with van der Waals surface area (Å²) in [5.41, 5.74) is 1.85. The molecular formula is C20H20Cl2N2O2. The van der Waals surface area contributed by atoms with Crippen LogP contribution in [0.2, 0.25) is 10.0 Å². The zero-order valence-electron chi connectivity index (χ0n) is 14.3. The van der Waals surface area contributed by atoms with Crippen molar-refractivity contribution in [3.8, 4) is 0 Å². The van der Waals surface area contributed by atoms with E-state index in [4.69, 9.17) is 23.2 Å². The molecule has 1 aliphatic heterocycles. The SMILES string of the molecule is O=C(NCCCc1ccccc1)C1CC(=O)N(c2ccc(Cl)cc2Cl)C1. The molecular weight excluding hydrogens is 371 g/mol. The molecule has 2 amide bonds. The maximum Gasteiger partial charge on any atom is 0.227 e. The second-order valence-corrected chi connectivity index (χ2v) is 7.22. The Morgan fingerprint density at radius 1 is 1.15 bits per heavy atom. The Labute approximate surface area is 163 Å².